The zero-order chi connectivity index (χ0) is 20.9. The van der Waals surface area contributed by atoms with Gasteiger partial charge in [0, 0.05) is 11.1 Å². The second-order valence-electron chi connectivity index (χ2n) is 6.85. The maximum Gasteiger partial charge on any atom is 0.249 e. The number of primary amides is 1. The Morgan fingerprint density at radius 1 is 0.700 bits per heavy atom. The van der Waals surface area contributed by atoms with Crippen molar-refractivity contribution in [3.8, 4) is 28.0 Å². The van der Waals surface area contributed by atoms with Crippen molar-refractivity contribution in [2.24, 2.45) is 5.73 Å². The molecule has 0 aliphatic carbocycles. The molecule has 0 aromatic heterocycles. The van der Waals surface area contributed by atoms with Crippen LogP contribution in [0.15, 0.2) is 97.1 Å². The second-order valence-corrected chi connectivity index (χ2v) is 7.25. The Morgan fingerprint density at radius 3 is 1.97 bits per heavy atom. The highest BCUT2D eigenvalue weighted by atomic mass is 35.5. The molecule has 0 aliphatic rings. The summed E-state index contributed by atoms with van der Waals surface area (Å²) in [6, 6.07) is 30.8. The summed E-state index contributed by atoms with van der Waals surface area (Å²) in [6.45, 7) is 0.400. The topological polar surface area (TPSA) is 52.3 Å². The van der Waals surface area contributed by atoms with Gasteiger partial charge in [0.15, 0.2) is 0 Å². The summed E-state index contributed by atoms with van der Waals surface area (Å²) in [5.74, 6) is 0.138. The normalized spacial score (nSPS) is 10.6. The lowest BCUT2D eigenvalue weighted by molar-refractivity contribution is 0.100. The van der Waals surface area contributed by atoms with Crippen LogP contribution in [0.2, 0.25) is 5.02 Å². The SMILES string of the molecule is NC(=O)c1ccccc1-c1ccccc1-c1cccc(Cl)c1OCc1ccccc1. The molecule has 148 valence electrons. The molecule has 0 bridgehead atoms. The van der Waals surface area contributed by atoms with Crippen LogP contribution in [0.5, 0.6) is 5.75 Å². The number of benzene rings is 4. The van der Waals surface area contributed by atoms with E-state index in [0.29, 0.717) is 22.9 Å². The molecular formula is C26H20ClNO2. The molecule has 0 saturated carbocycles. The largest absolute Gasteiger partial charge is 0.487 e. The lowest BCUT2D eigenvalue weighted by Gasteiger charge is -2.17. The van der Waals surface area contributed by atoms with Gasteiger partial charge in [-0.1, -0.05) is 96.5 Å². The molecule has 0 unspecified atom stereocenters. The van der Waals surface area contributed by atoms with Crippen LogP contribution < -0.4 is 10.5 Å². The predicted molar refractivity (Wildman–Crippen MR) is 122 cm³/mol. The van der Waals surface area contributed by atoms with Crippen molar-refractivity contribution in [1.29, 1.82) is 0 Å². The Morgan fingerprint density at radius 2 is 1.27 bits per heavy atom. The summed E-state index contributed by atoms with van der Waals surface area (Å²) in [4.78, 5) is 12.0. The van der Waals surface area contributed by atoms with E-state index in [-0.39, 0.29) is 0 Å². The number of hydrogen-bond donors (Lipinski definition) is 1. The minimum Gasteiger partial charge on any atom is -0.487 e. The average Bonchev–Trinajstić information content (AvgIpc) is 2.79. The first-order valence-corrected chi connectivity index (χ1v) is 9.97. The molecule has 0 saturated heterocycles. The van der Waals surface area contributed by atoms with E-state index < -0.39 is 5.91 Å². The van der Waals surface area contributed by atoms with Crippen molar-refractivity contribution in [3.05, 3.63) is 113 Å². The number of carbonyl (C=O) groups excluding carboxylic acids is 1. The third kappa shape index (κ3) is 4.07. The monoisotopic (exact) mass is 413 g/mol. The molecule has 0 atom stereocenters. The molecule has 4 aromatic carbocycles. The van der Waals surface area contributed by atoms with Crippen molar-refractivity contribution in [1.82, 2.24) is 0 Å². The summed E-state index contributed by atoms with van der Waals surface area (Å²) in [5.41, 5.74) is 10.6. The number of nitrogens with two attached hydrogens (primary N) is 1. The first-order chi connectivity index (χ1) is 14.6. The third-order valence-corrected chi connectivity index (χ3v) is 5.19. The van der Waals surface area contributed by atoms with Gasteiger partial charge in [0.25, 0.3) is 0 Å². The molecule has 3 nitrogen and oxygen atoms in total. The van der Waals surface area contributed by atoms with Crippen molar-refractivity contribution < 1.29 is 9.53 Å². The summed E-state index contributed by atoms with van der Waals surface area (Å²) in [6.07, 6.45) is 0. The van der Waals surface area contributed by atoms with E-state index >= 15 is 0 Å². The maximum atomic E-state index is 12.0. The molecule has 0 radical (unpaired) electrons. The van der Waals surface area contributed by atoms with Gasteiger partial charge >= 0.3 is 0 Å². The number of rotatable bonds is 6. The quantitative estimate of drug-likeness (QED) is 0.400. The minimum absolute atomic E-state index is 0.400. The van der Waals surface area contributed by atoms with E-state index in [4.69, 9.17) is 22.1 Å². The molecule has 0 fully saturated rings. The lowest BCUT2D eigenvalue weighted by atomic mass is 9.91. The van der Waals surface area contributed by atoms with Gasteiger partial charge in [0.05, 0.1) is 5.02 Å². The first kappa shape index (κ1) is 19.7. The van der Waals surface area contributed by atoms with Gasteiger partial charge < -0.3 is 10.5 Å². The van der Waals surface area contributed by atoms with Crippen LogP contribution in [0.4, 0.5) is 0 Å². The predicted octanol–water partition coefficient (Wildman–Crippen LogP) is 6.35. The van der Waals surface area contributed by atoms with Crippen LogP contribution in [-0.2, 0) is 6.61 Å². The molecule has 4 heteroatoms. The Kier molecular flexibility index (Phi) is 5.82. The fourth-order valence-corrected chi connectivity index (χ4v) is 3.71. The summed E-state index contributed by atoms with van der Waals surface area (Å²) < 4.78 is 6.15. The van der Waals surface area contributed by atoms with Gasteiger partial charge in [-0.05, 0) is 34.4 Å². The highest BCUT2D eigenvalue weighted by Gasteiger charge is 2.17. The zero-order valence-corrected chi connectivity index (χ0v) is 17.0. The van der Waals surface area contributed by atoms with Gasteiger partial charge in [0.2, 0.25) is 5.91 Å². The van der Waals surface area contributed by atoms with E-state index in [1.165, 1.54) is 0 Å². The Hall–Kier alpha value is -3.56. The van der Waals surface area contributed by atoms with Gasteiger partial charge in [-0.15, -0.1) is 0 Å². The highest BCUT2D eigenvalue weighted by molar-refractivity contribution is 6.32. The summed E-state index contributed by atoms with van der Waals surface area (Å²) in [7, 11) is 0. The van der Waals surface area contributed by atoms with Crippen LogP contribution in [0.25, 0.3) is 22.3 Å². The van der Waals surface area contributed by atoms with Crippen LogP contribution in [0.3, 0.4) is 0 Å². The molecule has 0 spiro atoms. The van der Waals surface area contributed by atoms with Crippen LogP contribution in [0.1, 0.15) is 15.9 Å². The van der Waals surface area contributed by atoms with E-state index in [0.717, 1.165) is 27.8 Å². The first-order valence-electron chi connectivity index (χ1n) is 9.59. The molecular weight excluding hydrogens is 394 g/mol. The molecule has 1 amide bonds. The zero-order valence-electron chi connectivity index (χ0n) is 16.2. The van der Waals surface area contributed by atoms with Gasteiger partial charge in [-0.2, -0.15) is 0 Å². The molecule has 4 rings (SSSR count). The van der Waals surface area contributed by atoms with Crippen molar-refractivity contribution in [3.63, 3.8) is 0 Å². The maximum absolute atomic E-state index is 12.0. The number of hydrogen-bond acceptors (Lipinski definition) is 2. The molecule has 0 heterocycles. The van der Waals surface area contributed by atoms with E-state index in [2.05, 4.69) is 0 Å². The standard InChI is InChI=1S/C26H20ClNO2/c27-24-16-8-15-22(25(24)30-17-18-9-2-1-3-10-18)20-12-5-4-11-19(20)21-13-6-7-14-23(21)26(28)29/h1-16H,17H2,(H2,28,29). The second kappa shape index (κ2) is 8.85. The number of halogens is 1. The molecule has 2 N–H and O–H groups in total. The summed E-state index contributed by atoms with van der Waals surface area (Å²) in [5, 5.41) is 0.529. The Labute approximate surface area is 180 Å². The fraction of sp³-hybridized carbons (Fsp3) is 0.0385. The number of amides is 1. The number of carbonyl (C=O) groups is 1. The van der Waals surface area contributed by atoms with Crippen LogP contribution in [-0.4, -0.2) is 5.91 Å². The van der Waals surface area contributed by atoms with Crippen molar-refractivity contribution >= 4 is 17.5 Å². The fourth-order valence-electron chi connectivity index (χ4n) is 3.48. The average molecular weight is 414 g/mol. The van der Waals surface area contributed by atoms with Crippen LogP contribution >= 0.6 is 11.6 Å². The number of ether oxygens (including phenoxy) is 1. The number of para-hydroxylation sites is 1. The van der Waals surface area contributed by atoms with Crippen molar-refractivity contribution in [2.45, 2.75) is 6.61 Å². The van der Waals surface area contributed by atoms with Gasteiger partial charge in [-0.3, -0.25) is 4.79 Å². The Bertz CT molecular complexity index is 1190. The third-order valence-electron chi connectivity index (χ3n) is 4.89. The summed E-state index contributed by atoms with van der Waals surface area (Å²) >= 11 is 6.53. The van der Waals surface area contributed by atoms with Gasteiger partial charge in [-0.25, -0.2) is 0 Å². The van der Waals surface area contributed by atoms with E-state index in [1.54, 1.807) is 12.1 Å². The molecule has 4 aromatic rings. The van der Waals surface area contributed by atoms with E-state index in [9.17, 15) is 4.79 Å². The minimum atomic E-state index is -0.466. The Balaban J connectivity index is 1.81. The molecule has 0 aliphatic heterocycles. The lowest BCUT2D eigenvalue weighted by Crippen LogP contribution is -2.12. The van der Waals surface area contributed by atoms with Gasteiger partial charge in [0.1, 0.15) is 12.4 Å². The van der Waals surface area contributed by atoms with Crippen molar-refractivity contribution in [2.75, 3.05) is 0 Å². The highest BCUT2D eigenvalue weighted by Crippen LogP contribution is 2.41. The van der Waals surface area contributed by atoms with E-state index in [1.807, 2.05) is 84.9 Å². The molecule has 30 heavy (non-hydrogen) atoms. The van der Waals surface area contributed by atoms with Crippen LogP contribution in [0, 0.1) is 0 Å². The smallest absolute Gasteiger partial charge is 0.249 e.